The highest BCUT2D eigenvalue weighted by molar-refractivity contribution is 9.10. The normalized spacial score (nSPS) is 10.6. The maximum atomic E-state index is 13.4. The summed E-state index contributed by atoms with van der Waals surface area (Å²) in [5.74, 6) is -0.635. The fourth-order valence-corrected chi connectivity index (χ4v) is 2.85. The first-order chi connectivity index (χ1) is 9.56. The molecule has 0 aliphatic rings. The Morgan fingerprint density at radius 1 is 1.15 bits per heavy atom. The summed E-state index contributed by atoms with van der Waals surface area (Å²) in [6, 6.07) is 10.5. The lowest BCUT2D eigenvalue weighted by Gasteiger charge is -2.05. The first kappa shape index (κ1) is 15.2. The van der Waals surface area contributed by atoms with Crippen molar-refractivity contribution in [1.82, 2.24) is 0 Å². The van der Waals surface area contributed by atoms with Crippen LogP contribution in [0.5, 0.6) is 0 Å². The van der Waals surface area contributed by atoms with Gasteiger partial charge in [0.25, 0.3) is 0 Å². The number of carbonyl (C=O) groups excluding carboxylic acids is 1. The second kappa shape index (κ2) is 6.99. The van der Waals surface area contributed by atoms with Gasteiger partial charge in [0.15, 0.2) is 0 Å². The topological polar surface area (TPSA) is 17.1 Å². The maximum Gasteiger partial charge on any atom is 0.147 e. The van der Waals surface area contributed by atoms with Crippen LogP contribution in [0, 0.1) is 11.6 Å². The van der Waals surface area contributed by atoms with Gasteiger partial charge in [0.05, 0.1) is 5.75 Å². The van der Waals surface area contributed by atoms with E-state index in [2.05, 4.69) is 15.9 Å². The van der Waals surface area contributed by atoms with Crippen molar-refractivity contribution in [2.24, 2.45) is 0 Å². The Morgan fingerprint density at radius 2 is 1.90 bits per heavy atom. The van der Waals surface area contributed by atoms with Gasteiger partial charge in [-0.05, 0) is 35.9 Å². The number of Topliss-reactive ketones (excluding diaryl/α,β-unsaturated/α-hetero) is 1. The minimum absolute atomic E-state index is 0.0791. The number of carbonyl (C=O) groups is 1. The Bertz CT molecular complexity index is 631. The molecule has 0 saturated heterocycles. The highest BCUT2D eigenvalue weighted by atomic mass is 79.9. The molecule has 20 heavy (non-hydrogen) atoms. The van der Waals surface area contributed by atoms with E-state index in [1.165, 1.54) is 18.2 Å². The zero-order valence-electron chi connectivity index (χ0n) is 10.4. The second-order valence-corrected chi connectivity index (χ2v) is 6.04. The highest BCUT2D eigenvalue weighted by Crippen LogP contribution is 2.23. The third-order valence-electron chi connectivity index (χ3n) is 2.62. The molecule has 1 nitrogen and oxygen atoms in total. The molecule has 0 amide bonds. The molecule has 0 aliphatic heterocycles. The van der Waals surface area contributed by atoms with Gasteiger partial charge in [-0.15, -0.1) is 11.8 Å². The van der Waals surface area contributed by atoms with Crippen molar-refractivity contribution < 1.29 is 13.6 Å². The van der Waals surface area contributed by atoms with Gasteiger partial charge < -0.3 is 0 Å². The molecule has 0 bridgehead atoms. The first-order valence-electron chi connectivity index (χ1n) is 5.89. The van der Waals surface area contributed by atoms with Crippen LogP contribution in [-0.2, 0) is 11.2 Å². The van der Waals surface area contributed by atoms with Crippen molar-refractivity contribution in [2.45, 2.75) is 11.3 Å². The van der Waals surface area contributed by atoms with Crippen LogP contribution in [0.3, 0.4) is 0 Å². The molecule has 0 aromatic heterocycles. The summed E-state index contributed by atoms with van der Waals surface area (Å²) in [6.07, 6.45) is 0.125. The van der Waals surface area contributed by atoms with E-state index >= 15 is 0 Å². The summed E-state index contributed by atoms with van der Waals surface area (Å²) in [6.45, 7) is 0. The molecular weight excluding hydrogens is 346 g/mol. The molecule has 0 fully saturated rings. The zero-order valence-corrected chi connectivity index (χ0v) is 12.8. The monoisotopic (exact) mass is 356 g/mol. The van der Waals surface area contributed by atoms with E-state index in [1.807, 2.05) is 0 Å². The standard InChI is InChI=1S/C15H11BrF2OS/c16-13-6-5-11(17)7-10(13)8-12(19)9-20-15-4-2-1-3-14(15)18/h1-7H,8-9H2. The molecule has 0 spiro atoms. The van der Waals surface area contributed by atoms with Crippen LogP contribution in [-0.4, -0.2) is 11.5 Å². The van der Waals surface area contributed by atoms with Crippen molar-refractivity contribution in [2.75, 3.05) is 5.75 Å². The Morgan fingerprint density at radius 3 is 2.65 bits per heavy atom. The van der Waals surface area contributed by atoms with Gasteiger partial charge in [-0.2, -0.15) is 0 Å². The minimum atomic E-state index is -0.377. The number of hydrogen-bond acceptors (Lipinski definition) is 2. The largest absolute Gasteiger partial charge is 0.298 e. The minimum Gasteiger partial charge on any atom is -0.298 e. The van der Waals surface area contributed by atoms with E-state index in [0.717, 1.165) is 11.8 Å². The lowest BCUT2D eigenvalue weighted by atomic mass is 10.1. The number of rotatable bonds is 5. The number of halogens is 3. The molecule has 5 heteroatoms. The quantitative estimate of drug-likeness (QED) is 0.726. The molecule has 0 saturated carbocycles. The van der Waals surface area contributed by atoms with Crippen LogP contribution in [0.1, 0.15) is 5.56 Å². The molecule has 2 rings (SSSR count). The predicted molar refractivity (Wildman–Crippen MR) is 79.9 cm³/mol. The van der Waals surface area contributed by atoms with E-state index in [9.17, 15) is 13.6 Å². The Kier molecular flexibility index (Phi) is 5.31. The Balaban J connectivity index is 1.96. The fraction of sp³-hybridized carbons (Fsp3) is 0.133. The van der Waals surface area contributed by atoms with Crippen LogP contribution in [0.15, 0.2) is 51.8 Å². The molecule has 0 heterocycles. The van der Waals surface area contributed by atoms with Gasteiger partial charge >= 0.3 is 0 Å². The third-order valence-corrected chi connectivity index (χ3v) is 4.50. The van der Waals surface area contributed by atoms with Gasteiger partial charge in [0.2, 0.25) is 0 Å². The van der Waals surface area contributed by atoms with Crippen LogP contribution in [0.4, 0.5) is 8.78 Å². The van der Waals surface area contributed by atoms with E-state index in [-0.39, 0.29) is 29.6 Å². The first-order valence-corrected chi connectivity index (χ1v) is 7.67. The number of thioether (sulfide) groups is 1. The fourth-order valence-electron chi connectivity index (χ4n) is 1.66. The molecule has 104 valence electrons. The highest BCUT2D eigenvalue weighted by Gasteiger charge is 2.10. The summed E-state index contributed by atoms with van der Waals surface area (Å²) in [4.78, 5) is 12.3. The van der Waals surface area contributed by atoms with Crippen LogP contribution < -0.4 is 0 Å². The van der Waals surface area contributed by atoms with Gasteiger partial charge in [0.1, 0.15) is 17.4 Å². The average Bonchev–Trinajstić information content (AvgIpc) is 2.42. The molecule has 0 unspecified atom stereocenters. The Hall–Kier alpha value is -1.20. The number of benzene rings is 2. The molecule has 0 radical (unpaired) electrons. The van der Waals surface area contributed by atoms with E-state index < -0.39 is 0 Å². The summed E-state index contributed by atoms with van der Waals surface area (Å²) < 4.78 is 27.2. The number of hydrogen-bond donors (Lipinski definition) is 0. The smallest absolute Gasteiger partial charge is 0.147 e. The lowest BCUT2D eigenvalue weighted by molar-refractivity contribution is -0.116. The van der Waals surface area contributed by atoms with Crippen molar-refractivity contribution in [1.29, 1.82) is 0 Å². The van der Waals surface area contributed by atoms with E-state index in [0.29, 0.717) is 14.9 Å². The molecule has 0 atom stereocenters. The zero-order chi connectivity index (χ0) is 14.5. The van der Waals surface area contributed by atoms with Crippen LogP contribution >= 0.6 is 27.7 Å². The van der Waals surface area contributed by atoms with Gasteiger partial charge in [-0.25, -0.2) is 8.78 Å². The molecule has 0 N–H and O–H groups in total. The van der Waals surface area contributed by atoms with Gasteiger partial charge in [0, 0.05) is 15.8 Å². The van der Waals surface area contributed by atoms with E-state index in [1.54, 1.807) is 24.3 Å². The third kappa shape index (κ3) is 4.15. The number of ketones is 1. The molecule has 2 aromatic carbocycles. The van der Waals surface area contributed by atoms with Crippen molar-refractivity contribution in [3.8, 4) is 0 Å². The van der Waals surface area contributed by atoms with Gasteiger partial charge in [-0.1, -0.05) is 28.1 Å². The summed E-state index contributed by atoms with van der Waals surface area (Å²) in [5.41, 5.74) is 0.601. The molecule has 2 aromatic rings. The lowest BCUT2D eigenvalue weighted by Crippen LogP contribution is -2.06. The van der Waals surface area contributed by atoms with Crippen molar-refractivity contribution in [3.63, 3.8) is 0 Å². The van der Waals surface area contributed by atoms with E-state index in [4.69, 9.17) is 0 Å². The molecule has 0 aliphatic carbocycles. The van der Waals surface area contributed by atoms with Crippen molar-refractivity contribution >= 4 is 33.5 Å². The van der Waals surface area contributed by atoms with Crippen molar-refractivity contribution in [3.05, 3.63) is 64.1 Å². The van der Waals surface area contributed by atoms with Crippen LogP contribution in [0.25, 0.3) is 0 Å². The SMILES string of the molecule is O=C(CSc1ccccc1F)Cc1cc(F)ccc1Br. The second-order valence-electron chi connectivity index (χ2n) is 4.17. The van der Waals surface area contributed by atoms with Gasteiger partial charge in [-0.3, -0.25) is 4.79 Å². The molecular formula is C15H11BrF2OS. The Labute approximate surface area is 128 Å². The summed E-state index contributed by atoms with van der Waals surface area (Å²) in [5, 5.41) is 0. The average molecular weight is 357 g/mol. The maximum absolute atomic E-state index is 13.4. The summed E-state index contributed by atoms with van der Waals surface area (Å²) >= 11 is 4.43. The van der Waals surface area contributed by atoms with Crippen LogP contribution in [0.2, 0.25) is 0 Å². The summed E-state index contributed by atoms with van der Waals surface area (Å²) in [7, 11) is 0. The predicted octanol–water partition coefficient (Wildman–Crippen LogP) is 4.63.